The molecule has 0 aliphatic rings. The number of nitrogen functional groups attached to an aromatic ring is 1. The molecule has 3 N–H and O–H groups in total. The van der Waals surface area contributed by atoms with Crippen LogP contribution < -0.4 is 16.0 Å². The topological polar surface area (TPSA) is 84.1 Å². The van der Waals surface area contributed by atoms with E-state index in [4.69, 9.17) is 5.73 Å². The van der Waals surface area contributed by atoms with Crippen molar-refractivity contribution in [2.45, 2.75) is 26.8 Å². The summed E-state index contributed by atoms with van der Waals surface area (Å²) in [6, 6.07) is 2.14. The zero-order chi connectivity index (χ0) is 14.9. The normalized spacial score (nSPS) is 11.1. The third-order valence-electron chi connectivity index (χ3n) is 2.71. The Bertz CT molecular complexity index is 637. The number of hydrogen-bond acceptors (Lipinski definition) is 6. The van der Waals surface area contributed by atoms with E-state index in [1.807, 2.05) is 33.9 Å². The number of nitrogens with two attached hydrogens (primary N) is 1. The molecule has 0 radical (unpaired) electrons. The molecular weight excluding hydrogens is 274 g/mol. The Morgan fingerprint density at radius 3 is 2.85 bits per heavy atom. The summed E-state index contributed by atoms with van der Waals surface area (Å²) in [6.07, 6.45) is 0. The van der Waals surface area contributed by atoms with Gasteiger partial charge in [0.25, 0.3) is 0 Å². The Morgan fingerprint density at radius 1 is 1.50 bits per heavy atom. The standard InChI is InChI=1S/C13H19N5OS/c1-7(2)15-10(19)6-18(4)11-9-5-8(3)20-12(9)17-13(14)16-11/h5,7H,6H2,1-4H3,(H,15,19)(H2,14,16,17). The number of nitrogens with one attached hydrogen (secondary N) is 1. The first kappa shape index (κ1) is 14.5. The predicted molar refractivity (Wildman–Crippen MR) is 83.1 cm³/mol. The summed E-state index contributed by atoms with van der Waals surface area (Å²) in [4.78, 5) is 24.1. The zero-order valence-corrected chi connectivity index (χ0v) is 12.9. The number of hydrogen-bond donors (Lipinski definition) is 2. The molecule has 20 heavy (non-hydrogen) atoms. The fraction of sp³-hybridized carbons (Fsp3) is 0.462. The number of anilines is 2. The maximum absolute atomic E-state index is 11.8. The average molecular weight is 293 g/mol. The Labute approximate surface area is 122 Å². The van der Waals surface area contributed by atoms with Gasteiger partial charge in [0, 0.05) is 18.0 Å². The molecule has 0 atom stereocenters. The van der Waals surface area contributed by atoms with Gasteiger partial charge in [0.2, 0.25) is 11.9 Å². The summed E-state index contributed by atoms with van der Waals surface area (Å²) in [6.45, 7) is 6.11. The quantitative estimate of drug-likeness (QED) is 0.893. The molecule has 0 fully saturated rings. The van der Waals surface area contributed by atoms with E-state index in [1.165, 1.54) is 0 Å². The van der Waals surface area contributed by atoms with Crippen molar-refractivity contribution >= 4 is 39.2 Å². The number of aromatic nitrogens is 2. The molecule has 2 aromatic rings. The number of likely N-dealkylation sites (N-methyl/N-ethyl adjacent to an activating group) is 1. The second-order valence-electron chi connectivity index (χ2n) is 5.06. The van der Waals surface area contributed by atoms with Gasteiger partial charge >= 0.3 is 0 Å². The van der Waals surface area contributed by atoms with Crippen LogP contribution in [0.3, 0.4) is 0 Å². The number of carbonyl (C=O) groups excluding carboxylic acids is 1. The van der Waals surface area contributed by atoms with Gasteiger partial charge in [-0.25, -0.2) is 4.98 Å². The highest BCUT2D eigenvalue weighted by molar-refractivity contribution is 7.18. The molecular formula is C13H19N5OS. The van der Waals surface area contributed by atoms with E-state index in [1.54, 1.807) is 16.2 Å². The van der Waals surface area contributed by atoms with E-state index in [0.29, 0.717) is 5.82 Å². The molecule has 2 aromatic heterocycles. The molecule has 0 unspecified atom stereocenters. The molecule has 0 aliphatic carbocycles. The molecule has 2 rings (SSSR count). The van der Waals surface area contributed by atoms with Gasteiger partial charge in [-0.15, -0.1) is 11.3 Å². The Hall–Kier alpha value is -1.89. The van der Waals surface area contributed by atoms with Crippen molar-refractivity contribution in [2.75, 3.05) is 24.2 Å². The smallest absolute Gasteiger partial charge is 0.239 e. The molecule has 6 nitrogen and oxygen atoms in total. The third-order valence-corrected chi connectivity index (χ3v) is 3.65. The first-order valence-electron chi connectivity index (χ1n) is 6.41. The Kier molecular flexibility index (Phi) is 4.08. The van der Waals surface area contributed by atoms with Crippen LogP contribution in [0.4, 0.5) is 11.8 Å². The first-order chi connectivity index (χ1) is 9.36. The molecule has 0 aliphatic heterocycles. The van der Waals surface area contributed by atoms with Crippen LogP contribution in [0.15, 0.2) is 6.07 Å². The van der Waals surface area contributed by atoms with Crippen molar-refractivity contribution in [3.8, 4) is 0 Å². The summed E-state index contributed by atoms with van der Waals surface area (Å²) in [5.74, 6) is 0.876. The third kappa shape index (κ3) is 3.16. The summed E-state index contributed by atoms with van der Waals surface area (Å²) < 4.78 is 0. The summed E-state index contributed by atoms with van der Waals surface area (Å²) in [5, 5.41) is 3.79. The number of rotatable bonds is 4. The number of amides is 1. The van der Waals surface area contributed by atoms with E-state index in [-0.39, 0.29) is 24.4 Å². The maximum Gasteiger partial charge on any atom is 0.239 e. The van der Waals surface area contributed by atoms with Crippen LogP contribution >= 0.6 is 11.3 Å². The molecule has 0 saturated carbocycles. The molecule has 7 heteroatoms. The van der Waals surface area contributed by atoms with Crippen molar-refractivity contribution in [3.05, 3.63) is 10.9 Å². The van der Waals surface area contributed by atoms with Gasteiger partial charge in [0.05, 0.1) is 11.9 Å². The van der Waals surface area contributed by atoms with Gasteiger partial charge in [-0.3, -0.25) is 4.79 Å². The summed E-state index contributed by atoms with van der Waals surface area (Å²) in [5.41, 5.74) is 5.74. The number of aryl methyl sites for hydroxylation is 1. The van der Waals surface area contributed by atoms with Crippen LogP contribution in [-0.4, -0.2) is 35.5 Å². The van der Waals surface area contributed by atoms with Crippen molar-refractivity contribution < 1.29 is 4.79 Å². The minimum absolute atomic E-state index is 0.0419. The van der Waals surface area contributed by atoms with Crippen LogP contribution in [0.2, 0.25) is 0 Å². The zero-order valence-electron chi connectivity index (χ0n) is 12.1. The minimum Gasteiger partial charge on any atom is -0.368 e. The minimum atomic E-state index is -0.0419. The largest absolute Gasteiger partial charge is 0.368 e. The van der Waals surface area contributed by atoms with Gasteiger partial charge in [-0.05, 0) is 26.8 Å². The van der Waals surface area contributed by atoms with Crippen LogP contribution in [0.25, 0.3) is 10.2 Å². The van der Waals surface area contributed by atoms with Gasteiger partial charge in [0.1, 0.15) is 10.6 Å². The van der Waals surface area contributed by atoms with E-state index in [9.17, 15) is 4.79 Å². The van der Waals surface area contributed by atoms with Gasteiger partial charge in [-0.1, -0.05) is 0 Å². The highest BCUT2D eigenvalue weighted by Crippen LogP contribution is 2.30. The number of fused-ring (bicyclic) bond motifs is 1. The molecule has 0 bridgehead atoms. The van der Waals surface area contributed by atoms with E-state index in [0.717, 1.165) is 15.1 Å². The van der Waals surface area contributed by atoms with Crippen molar-refractivity contribution in [1.29, 1.82) is 0 Å². The van der Waals surface area contributed by atoms with E-state index < -0.39 is 0 Å². The van der Waals surface area contributed by atoms with E-state index in [2.05, 4.69) is 15.3 Å². The van der Waals surface area contributed by atoms with Crippen LogP contribution in [0, 0.1) is 6.92 Å². The van der Waals surface area contributed by atoms with Crippen molar-refractivity contribution in [2.24, 2.45) is 0 Å². The monoisotopic (exact) mass is 293 g/mol. The molecule has 0 saturated heterocycles. The van der Waals surface area contributed by atoms with Gasteiger partial charge in [-0.2, -0.15) is 4.98 Å². The Morgan fingerprint density at radius 2 is 2.20 bits per heavy atom. The van der Waals surface area contributed by atoms with Crippen LogP contribution in [0.5, 0.6) is 0 Å². The lowest BCUT2D eigenvalue weighted by Crippen LogP contribution is -2.39. The van der Waals surface area contributed by atoms with Crippen molar-refractivity contribution in [1.82, 2.24) is 15.3 Å². The number of nitrogens with zero attached hydrogens (tertiary/aromatic N) is 3. The SMILES string of the molecule is Cc1cc2c(N(C)CC(=O)NC(C)C)nc(N)nc2s1. The first-order valence-corrected chi connectivity index (χ1v) is 7.22. The fourth-order valence-corrected chi connectivity index (χ4v) is 2.87. The second kappa shape index (κ2) is 5.62. The lowest BCUT2D eigenvalue weighted by molar-refractivity contribution is -0.120. The summed E-state index contributed by atoms with van der Waals surface area (Å²) in [7, 11) is 1.83. The predicted octanol–water partition coefficient (Wildman–Crippen LogP) is 1.54. The lowest BCUT2D eigenvalue weighted by Gasteiger charge is -2.19. The molecule has 108 valence electrons. The van der Waals surface area contributed by atoms with Gasteiger partial charge < -0.3 is 16.0 Å². The van der Waals surface area contributed by atoms with Crippen molar-refractivity contribution in [3.63, 3.8) is 0 Å². The highest BCUT2D eigenvalue weighted by atomic mass is 32.1. The van der Waals surface area contributed by atoms with Crippen LogP contribution in [-0.2, 0) is 4.79 Å². The molecule has 1 amide bonds. The fourth-order valence-electron chi connectivity index (χ4n) is 1.99. The Balaban J connectivity index is 2.29. The lowest BCUT2D eigenvalue weighted by atomic mass is 10.3. The average Bonchev–Trinajstić information content (AvgIpc) is 2.66. The van der Waals surface area contributed by atoms with Crippen LogP contribution in [0.1, 0.15) is 18.7 Å². The summed E-state index contributed by atoms with van der Waals surface area (Å²) >= 11 is 1.57. The molecule has 0 aromatic carbocycles. The van der Waals surface area contributed by atoms with Gasteiger partial charge in [0.15, 0.2) is 0 Å². The second-order valence-corrected chi connectivity index (χ2v) is 6.29. The maximum atomic E-state index is 11.8. The molecule has 0 spiro atoms. The van der Waals surface area contributed by atoms with E-state index >= 15 is 0 Å². The number of carbonyl (C=O) groups is 1. The number of thiophene rings is 1. The molecule has 2 heterocycles. The highest BCUT2D eigenvalue weighted by Gasteiger charge is 2.15.